The van der Waals surface area contributed by atoms with E-state index in [-0.39, 0.29) is 5.91 Å². The third kappa shape index (κ3) is 1.44. The van der Waals surface area contributed by atoms with Gasteiger partial charge in [0, 0.05) is 0 Å². The van der Waals surface area contributed by atoms with Gasteiger partial charge in [0.25, 0.3) is 0 Å². The van der Waals surface area contributed by atoms with Crippen LogP contribution < -0.4 is 5.73 Å². The topological polar surface area (TPSA) is 43.1 Å². The Labute approximate surface area is 67.5 Å². The molecule has 0 bridgehead atoms. The molecule has 0 unspecified atom stereocenters. The predicted molar refractivity (Wildman–Crippen MR) is 44.9 cm³/mol. The Morgan fingerprint density at radius 2 is 2.27 bits per heavy atom. The third-order valence-corrected chi connectivity index (χ3v) is 2.46. The van der Waals surface area contributed by atoms with Gasteiger partial charge in [0.2, 0.25) is 5.91 Å². The molecule has 11 heavy (non-hydrogen) atoms. The van der Waals surface area contributed by atoms with Crippen LogP contribution in [0, 0.1) is 5.41 Å². The minimum atomic E-state index is -0.420. The summed E-state index contributed by atoms with van der Waals surface area (Å²) in [6, 6.07) is 0. The predicted octanol–water partition coefficient (Wildman–Crippen LogP) is 1.61. The van der Waals surface area contributed by atoms with Gasteiger partial charge in [0.1, 0.15) is 0 Å². The number of allylic oxidation sites excluding steroid dienone is 1. The van der Waals surface area contributed by atoms with E-state index in [2.05, 4.69) is 6.08 Å². The lowest BCUT2D eigenvalue weighted by Crippen LogP contribution is -2.32. The normalized spacial score (nSPS) is 18.2. The van der Waals surface area contributed by atoms with Crippen molar-refractivity contribution in [2.75, 3.05) is 0 Å². The van der Waals surface area contributed by atoms with Crippen LogP contribution in [0.25, 0.3) is 0 Å². The summed E-state index contributed by atoms with van der Waals surface area (Å²) in [4.78, 5) is 11.0. The average molecular weight is 153 g/mol. The van der Waals surface area contributed by atoms with Gasteiger partial charge in [-0.1, -0.05) is 11.6 Å². The molecular formula is C9H15NO. The molecule has 0 spiro atoms. The summed E-state index contributed by atoms with van der Waals surface area (Å²) in [6.45, 7) is 3.79. The van der Waals surface area contributed by atoms with Crippen LogP contribution in [-0.2, 0) is 4.79 Å². The molecule has 1 rings (SSSR count). The molecule has 0 fully saturated rings. The lowest BCUT2D eigenvalue weighted by Gasteiger charge is -2.21. The first-order chi connectivity index (χ1) is 5.05. The van der Waals surface area contributed by atoms with E-state index >= 15 is 0 Å². The average Bonchev–Trinajstić information content (AvgIpc) is 2.37. The summed E-state index contributed by atoms with van der Waals surface area (Å²) in [6.07, 6.45) is 5.46. The molecule has 2 heteroatoms. The second-order valence-corrected chi connectivity index (χ2v) is 3.61. The van der Waals surface area contributed by atoms with E-state index in [0.29, 0.717) is 0 Å². The van der Waals surface area contributed by atoms with Gasteiger partial charge in [-0.3, -0.25) is 4.79 Å². The van der Waals surface area contributed by atoms with E-state index in [1.807, 2.05) is 13.8 Å². The molecule has 1 amide bonds. The van der Waals surface area contributed by atoms with Crippen LogP contribution in [0.2, 0.25) is 0 Å². The molecule has 0 aromatic heterocycles. The van der Waals surface area contributed by atoms with Gasteiger partial charge >= 0.3 is 0 Å². The minimum Gasteiger partial charge on any atom is -0.369 e. The summed E-state index contributed by atoms with van der Waals surface area (Å²) >= 11 is 0. The largest absolute Gasteiger partial charge is 0.369 e. The Morgan fingerprint density at radius 3 is 2.64 bits per heavy atom. The molecular weight excluding hydrogens is 138 g/mol. The highest BCUT2D eigenvalue weighted by Gasteiger charge is 2.30. The van der Waals surface area contributed by atoms with Gasteiger partial charge in [-0.05, 0) is 33.1 Å². The zero-order valence-electron chi connectivity index (χ0n) is 7.18. The van der Waals surface area contributed by atoms with Crippen molar-refractivity contribution in [3.05, 3.63) is 11.6 Å². The van der Waals surface area contributed by atoms with Crippen molar-refractivity contribution in [1.29, 1.82) is 0 Å². The Bertz CT molecular complexity index is 204. The molecule has 0 radical (unpaired) electrons. The maximum Gasteiger partial charge on any atom is 0.227 e. The molecule has 0 aliphatic heterocycles. The number of primary amides is 1. The van der Waals surface area contributed by atoms with Crippen molar-refractivity contribution in [3.8, 4) is 0 Å². The lowest BCUT2D eigenvalue weighted by molar-refractivity contribution is -0.124. The molecule has 2 N–H and O–H groups in total. The lowest BCUT2D eigenvalue weighted by atomic mass is 9.83. The van der Waals surface area contributed by atoms with Crippen LogP contribution in [0.15, 0.2) is 11.6 Å². The zero-order valence-corrected chi connectivity index (χ0v) is 7.18. The van der Waals surface area contributed by atoms with Gasteiger partial charge < -0.3 is 5.73 Å². The van der Waals surface area contributed by atoms with E-state index < -0.39 is 5.41 Å². The van der Waals surface area contributed by atoms with Crippen molar-refractivity contribution in [2.24, 2.45) is 11.1 Å². The van der Waals surface area contributed by atoms with Crippen molar-refractivity contribution in [1.82, 2.24) is 0 Å². The maximum absolute atomic E-state index is 11.0. The smallest absolute Gasteiger partial charge is 0.227 e. The van der Waals surface area contributed by atoms with Crippen LogP contribution in [0.4, 0.5) is 0 Å². The van der Waals surface area contributed by atoms with Crippen molar-refractivity contribution in [3.63, 3.8) is 0 Å². The molecule has 0 aromatic rings. The van der Waals surface area contributed by atoms with E-state index in [0.717, 1.165) is 12.8 Å². The molecule has 62 valence electrons. The number of hydrogen-bond acceptors (Lipinski definition) is 1. The Hall–Kier alpha value is -0.790. The van der Waals surface area contributed by atoms with E-state index in [1.54, 1.807) is 0 Å². The highest BCUT2D eigenvalue weighted by atomic mass is 16.1. The second kappa shape index (κ2) is 2.68. The summed E-state index contributed by atoms with van der Waals surface area (Å²) in [5.74, 6) is -0.217. The van der Waals surface area contributed by atoms with Gasteiger partial charge in [-0.2, -0.15) is 0 Å². The Balaban J connectivity index is 2.79. The number of carbonyl (C=O) groups excluding carboxylic acids is 1. The van der Waals surface area contributed by atoms with Gasteiger partial charge in [-0.15, -0.1) is 0 Å². The van der Waals surface area contributed by atoms with Crippen LogP contribution in [0.3, 0.4) is 0 Å². The van der Waals surface area contributed by atoms with Gasteiger partial charge in [0.05, 0.1) is 5.41 Å². The highest BCUT2D eigenvalue weighted by Crippen LogP contribution is 2.34. The molecule has 2 nitrogen and oxygen atoms in total. The monoisotopic (exact) mass is 153 g/mol. The van der Waals surface area contributed by atoms with Crippen molar-refractivity contribution >= 4 is 5.91 Å². The first kappa shape index (κ1) is 8.31. The molecule has 0 saturated heterocycles. The maximum atomic E-state index is 11.0. The first-order valence-corrected chi connectivity index (χ1v) is 4.04. The van der Waals surface area contributed by atoms with Gasteiger partial charge in [-0.25, -0.2) is 0 Å². The standard InChI is InChI=1S/C9H15NO/c1-9(2,8(10)11)7-5-3-4-6-7/h5H,3-4,6H2,1-2H3,(H2,10,11). The van der Waals surface area contributed by atoms with E-state index in [9.17, 15) is 4.79 Å². The number of amides is 1. The number of nitrogens with two attached hydrogens (primary N) is 1. The fourth-order valence-electron chi connectivity index (χ4n) is 1.40. The first-order valence-electron chi connectivity index (χ1n) is 4.04. The summed E-state index contributed by atoms with van der Waals surface area (Å²) in [7, 11) is 0. The van der Waals surface area contributed by atoms with Crippen LogP contribution in [-0.4, -0.2) is 5.91 Å². The van der Waals surface area contributed by atoms with E-state index in [1.165, 1.54) is 12.0 Å². The number of rotatable bonds is 2. The molecule has 0 saturated carbocycles. The Morgan fingerprint density at radius 1 is 1.64 bits per heavy atom. The molecule has 0 atom stereocenters. The number of hydrogen-bond donors (Lipinski definition) is 1. The third-order valence-electron chi connectivity index (χ3n) is 2.46. The fraction of sp³-hybridized carbons (Fsp3) is 0.667. The molecule has 0 heterocycles. The summed E-state index contributed by atoms with van der Waals surface area (Å²) < 4.78 is 0. The van der Waals surface area contributed by atoms with Crippen LogP contribution in [0.1, 0.15) is 33.1 Å². The van der Waals surface area contributed by atoms with Crippen LogP contribution >= 0.6 is 0 Å². The summed E-state index contributed by atoms with van der Waals surface area (Å²) in [5.41, 5.74) is 6.06. The Kier molecular flexibility index (Phi) is 2.03. The molecule has 1 aliphatic carbocycles. The van der Waals surface area contributed by atoms with Crippen molar-refractivity contribution in [2.45, 2.75) is 33.1 Å². The molecule has 1 aliphatic rings. The second-order valence-electron chi connectivity index (χ2n) is 3.61. The van der Waals surface area contributed by atoms with Crippen molar-refractivity contribution < 1.29 is 4.79 Å². The highest BCUT2D eigenvalue weighted by molar-refractivity contribution is 5.83. The molecule has 0 aromatic carbocycles. The SMILES string of the molecule is CC(C)(C(N)=O)C1=CCCC1. The minimum absolute atomic E-state index is 0.217. The van der Waals surface area contributed by atoms with E-state index in [4.69, 9.17) is 5.73 Å². The number of carbonyl (C=O) groups is 1. The quantitative estimate of drug-likeness (QED) is 0.602. The zero-order chi connectivity index (χ0) is 8.48. The van der Waals surface area contributed by atoms with Gasteiger partial charge in [0.15, 0.2) is 0 Å². The summed E-state index contributed by atoms with van der Waals surface area (Å²) in [5, 5.41) is 0. The fourth-order valence-corrected chi connectivity index (χ4v) is 1.40. The van der Waals surface area contributed by atoms with Crippen LogP contribution in [0.5, 0.6) is 0 Å².